The fraction of sp³-hybridized carbons (Fsp3) is 0.250. The van der Waals surface area contributed by atoms with Gasteiger partial charge in [0.1, 0.15) is 0 Å². The molecule has 0 radical (unpaired) electrons. The van der Waals surface area contributed by atoms with Crippen molar-refractivity contribution in [2.24, 2.45) is 0 Å². The summed E-state index contributed by atoms with van der Waals surface area (Å²) in [6, 6.07) is 8.37. The molecule has 0 bridgehead atoms. The summed E-state index contributed by atoms with van der Waals surface area (Å²) in [6.45, 7) is 4.22. The van der Waals surface area contributed by atoms with E-state index in [2.05, 4.69) is 49.4 Å². The summed E-state index contributed by atoms with van der Waals surface area (Å²) in [4.78, 5) is 0. The molecule has 1 aromatic carbocycles. The van der Waals surface area contributed by atoms with Gasteiger partial charge in [-0.15, -0.1) is 0 Å². The van der Waals surface area contributed by atoms with E-state index in [0.717, 1.165) is 12.1 Å². The van der Waals surface area contributed by atoms with Gasteiger partial charge < -0.3 is 0 Å². The zero-order valence-electron chi connectivity index (χ0n) is 8.57. The minimum absolute atomic E-state index is 1.03. The SMILES string of the molecule is CCc1cnn(-c2ccc(C)cc2)c1. The van der Waals surface area contributed by atoms with Crippen LogP contribution in [0, 0.1) is 6.92 Å². The predicted molar refractivity (Wildman–Crippen MR) is 57.7 cm³/mol. The number of aryl methyl sites for hydroxylation is 2. The number of hydrogen-bond donors (Lipinski definition) is 0. The summed E-state index contributed by atoms with van der Waals surface area (Å²) in [5, 5.41) is 4.30. The third kappa shape index (κ3) is 1.69. The zero-order chi connectivity index (χ0) is 9.97. The number of hydrogen-bond acceptors (Lipinski definition) is 1. The van der Waals surface area contributed by atoms with E-state index in [0.29, 0.717) is 0 Å². The number of aromatic nitrogens is 2. The van der Waals surface area contributed by atoms with E-state index in [-0.39, 0.29) is 0 Å². The van der Waals surface area contributed by atoms with Crippen LogP contribution in [-0.4, -0.2) is 9.78 Å². The van der Waals surface area contributed by atoms with Crippen molar-refractivity contribution in [1.29, 1.82) is 0 Å². The first-order valence-electron chi connectivity index (χ1n) is 4.90. The molecule has 0 fully saturated rings. The second-order valence-corrected chi connectivity index (χ2v) is 3.48. The summed E-state index contributed by atoms with van der Waals surface area (Å²) in [5.41, 5.74) is 3.66. The van der Waals surface area contributed by atoms with Crippen LogP contribution in [0.1, 0.15) is 18.1 Å². The van der Waals surface area contributed by atoms with E-state index in [4.69, 9.17) is 0 Å². The molecular formula is C12H14N2. The first kappa shape index (κ1) is 9.00. The van der Waals surface area contributed by atoms with Gasteiger partial charge in [-0.1, -0.05) is 24.6 Å². The van der Waals surface area contributed by atoms with E-state index < -0.39 is 0 Å². The molecule has 0 aliphatic heterocycles. The molecule has 14 heavy (non-hydrogen) atoms. The Kier molecular flexibility index (Phi) is 2.35. The van der Waals surface area contributed by atoms with Crippen molar-refractivity contribution < 1.29 is 0 Å². The molecule has 0 unspecified atom stereocenters. The molecule has 0 aliphatic carbocycles. The summed E-state index contributed by atoms with van der Waals surface area (Å²) in [6.07, 6.45) is 5.02. The lowest BCUT2D eigenvalue weighted by Crippen LogP contribution is -1.93. The van der Waals surface area contributed by atoms with Crippen LogP contribution in [0.2, 0.25) is 0 Å². The molecular weight excluding hydrogens is 172 g/mol. The topological polar surface area (TPSA) is 17.8 Å². The van der Waals surface area contributed by atoms with Crippen LogP contribution in [-0.2, 0) is 6.42 Å². The fourth-order valence-corrected chi connectivity index (χ4v) is 1.38. The van der Waals surface area contributed by atoms with Crippen LogP contribution in [0.5, 0.6) is 0 Å². The normalized spacial score (nSPS) is 10.4. The van der Waals surface area contributed by atoms with Crippen molar-refractivity contribution >= 4 is 0 Å². The highest BCUT2D eigenvalue weighted by Crippen LogP contribution is 2.09. The molecule has 0 spiro atoms. The lowest BCUT2D eigenvalue weighted by molar-refractivity contribution is 0.879. The average Bonchev–Trinajstić information content (AvgIpc) is 2.67. The molecule has 2 aromatic rings. The van der Waals surface area contributed by atoms with Gasteiger partial charge in [0, 0.05) is 6.20 Å². The largest absolute Gasteiger partial charge is 0.241 e. The molecule has 0 atom stereocenters. The first-order valence-corrected chi connectivity index (χ1v) is 4.90. The third-order valence-electron chi connectivity index (χ3n) is 2.34. The second kappa shape index (κ2) is 3.66. The second-order valence-electron chi connectivity index (χ2n) is 3.48. The lowest BCUT2D eigenvalue weighted by atomic mass is 10.2. The molecule has 1 aromatic heterocycles. The Morgan fingerprint density at radius 2 is 1.93 bits per heavy atom. The summed E-state index contributed by atoms with van der Waals surface area (Å²) >= 11 is 0. The van der Waals surface area contributed by atoms with Crippen LogP contribution in [0.4, 0.5) is 0 Å². The molecule has 0 amide bonds. The minimum atomic E-state index is 1.03. The summed E-state index contributed by atoms with van der Waals surface area (Å²) in [7, 11) is 0. The maximum atomic E-state index is 4.30. The zero-order valence-corrected chi connectivity index (χ0v) is 8.57. The van der Waals surface area contributed by atoms with E-state index in [9.17, 15) is 0 Å². The quantitative estimate of drug-likeness (QED) is 0.705. The van der Waals surface area contributed by atoms with Crippen LogP contribution in [0.15, 0.2) is 36.7 Å². The smallest absolute Gasteiger partial charge is 0.0645 e. The van der Waals surface area contributed by atoms with Gasteiger partial charge >= 0.3 is 0 Å². The van der Waals surface area contributed by atoms with Crippen molar-refractivity contribution in [2.75, 3.05) is 0 Å². The van der Waals surface area contributed by atoms with Crippen molar-refractivity contribution in [3.05, 3.63) is 47.8 Å². The Labute approximate surface area is 84.2 Å². The van der Waals surface area contributed by atoms with Gasteiger partial charge in [0.25, 0.3) is 0 Å². The molecule has 1 heterocycles. The maximum absolute atomic E-state index is 4.30. The van der Waals surface area contributed by atoms with Crippen molar-refractivity contribution in [2.45, 2.75) is 20.3 Å². The Hall–Kier alpha value is -1.57. The third-order valence-corrected chi connectivity index (χ3v) is 2.34. The minimum Gasteiger partial charge on any atom is -0.241 e. The van der Waals surface area contributed by atoms with Gasteiger partial charge in [-0.2, -0.15) is 5.10 Å². The summed E-state index contributed by atoms with van der Waals surface area (Å²) < 4.78 is 1.91. The number of benzene rings is 1. The predicted octanol–water partition coefficient (Wildman–Crippen LogP) is 2.74. The Morgan fingerprint density at radius 1 is 1.21 bits per heavy atom. The Balaban J connectivity index is 2.34. The Bertz CT molecular complexity index is 412. The van der Waals surface area contributed by atoms with Gasteiger partial charge in [0.05, 0.1) is 11.9 Å². The lowest BCUT2D eigenvalue weighted by Gasteiger charge is -2.00. The van der Waals surface area contributed by atoms with Gasteiger partial charge in [0.2, 0.25) is 0 Å². The van der Waals surface area contributed by atoms with E-state index >= 15 is 0 Å². The van der Waals surface area contributed by atoms with Crippen molar-refractivity contribution in [1.82, 2.24) is 9.78 Å². The molecule has 72 valence electrons. The van der Waals surface area contributed by atoms with Gasteiger partial charge in [-0.05, 0) is 31.0 Å². The van der Waals surface area contributed by atoms with Gasteiger partial charge in [-0.25, -0.2) is 4.68 Å². The average molecular weight is 186 g/mol. The fourth-order valence-electron chi connectivity index (χ4n) is 1.38. The monoisotopic (exact) mass is 186 g/mol. The van der Waals surface area contributed by atoms with Crippen LogP contribution in [0.25, 0.3) is 5.69 Å². The molecule has 2 nitrogen and oxygen atoms in total. The molecule has 0 saturated heterocycles. The van der Waals surface area contributed by atoms with Crippen LogP contribution < -0.4 is 0 Å². The summed E-state index contributed by atoms with van der Waals surface area (Å²) in [5.74, 6) is 0. The molecule has 2 heteroatoms. The molecule has 0 aliphatic rings. The van der Waals surface area contributed by atoms with Gasteiger partial charge in [-0.3, -0.25) is 0 Å². The molecule has 2 rings (SSSR count). The number of nitrogens with zero attached hydrogens (tertiary/aromatic N) is 2. The van der Waals surface area contributed by atoms with Crippen molar-refractivity contribution in [3.8, 4) is 5.69 Å². The maximum Gasteiger partial charge on any atom is 0.0645 e. The van der Waals surface area contributed by atoms with Crippen molar-refractivity contribution in [3.63, 3.8) is 0 Å². The standard InChI is InChI=1S/C12H14N2/c1-3-11-8-13-14(9-11)12-6-4-10(2)5-7-12/h4-9H,3H2,1-2H3. The highest BCUT2D eigenvalue weighted by molar-refractivity contribution is 5.33. The van der Waals surface area contributed by atoms with Crippen LogP contribution >= 0.6 is 0 Å². The van der Waals surface area contributed by atoms with Crippen LogP contribution in [0.3, 0.4) is 0 Å². The first-order chi connectivity index (χ1) is 6.79. The Morgan fingerprint density at radius 3 is 2.50 bits per heavy atom. The number of rotatable bonds is 2. The van der Waals surface area contributed by atoms with Gasteiger partial charge in [0.15, 0.2) is 0 Å². The molecule has 0 N–H and O–H groups in total. The van der Waals surface area contributed by atoms with E-state index in [1.807, 2.05) is 10.9 Å². The highest BCUT2D eigenvalue weighted by atomic mass is 15.3. The van der Waals surface area contributed by atoms with E-state index in [1.165, 1.54) is 11.1 Å². The van der Waals surface area contributed by atoms with E-state index in [1.54, 1.807) is 0 Å². The molecule has 0 saturated carbocycles. The highest BCUT2D eigenvalue weighted by Gasteiger charge is 1.98.